The van der Waals surface area contributed by atoms with E-state index < -0.39 is 5.79 Å². The highest BCUT2D eigenvalue weighted by Crippen LogP contribution is 2.38. The van der Waals surface area contributed by atoms with Crippen molar-refractivity contribution < 1.29 is 18.6 Å². The van der Waals surface area contributed by atoms with Crippen LogP contribution < -0.4 is 4.74 Å². The summed E-state index contributed by atoms with van der Waals surface area (Å²) in [5.41, 5.74) is 2.17. The Morgan fingerprint density at radius 3 is 2.90 bits per heavy atom. The second-order valence-corrected chi connectivity index (χ2v) is 7.81. The number of imidazole rings is 1. The van der Waals surface area contributed by atoms with Crippen LogP contribution in [0.1, 0.15) is 11.7 Å². The molecule has 2 atom stereocenters. The first kappa shape index (κ1) is 19.4. The van der Waals surface area contributed by atoms with Gasteiger partial charge in [-0.05, 0) is 24.3 Å². The lowest BCUT2D eigenvalue weighted by atomic mass is 10.1. The van der Waals surface area contributed by atoms with Gasteiger partial charge in [0.2, 0.25) is 5.79 Å². The van der Waals surface area contributed by atoms with Gasteiger partial charge in [-0.1, -0.05) is 41.4 Å². The van der Waals surface area contributed by atoms with Crippen molar-refractivity contribution in [3.05, 3.63) is 76.8 Å². The van der Waals surface area contributed by atoms with Crippen LogP contribution in [0.2, 0.25) is 10.0 Å². The first-order valence-corrected chi connectivity index (χ1v) is 10.1. The van der Waals surface area contributed by atoms with E-state index in [1.54, 1.807) is 24.7 Å². The number of aromatic nitrogens is 3. The minimum Gasteiger partial charge on any atom is -0.444 e. The second-order valence-electron chi connectivity index (χ2n) is 6.97. The average Bonchev–Trinajstić information content (AvgIpc) is 3.47. The molecule has 0 amide bonds. The molecule has 0 saturated carbocycles. The van der Waals surface area contributed by atoms with E-state index in [-0.39, 0.29) is 18.8 Å². The van der Waals surface area contributed by atoms with Crippen LogP contribution in [0.5, 0.6) is 6.08 Å². The molecule has 5 rings (SSSR count). The van der Waals surface area contributed by atoms with Crippen LogP contribution in [0.3, 0.4) is 0 Å². The van der Waals surface area contributed by atoms with E-state index in [0.717, 1.165) is 11.1 Å². The molecule has 2 aromatic heterocycles. The molecule has 1 aliphatic heterocycles. The number of hydrogen-bond acceptors (Lipinski definition) is 6. The van der Waals surface area contributed by atoms with Crippen LogP contribution in [0, 0.1) is 0 Å². The molecule has 9 heteroatoms. The smallest absolute Gasteiger partial charge is 0.394 e. The van der Waals surface area contributed by atoms with Crippen molar-refractivity contribution in [1.82, 2.24) is 14.5 Å². The third kappa shape index (κ3) is 3.89. The number of ether oxygens (including phenoxy) is 3. The molecule has 7 nitrogen and oxygen atoms in total. The summed E-state index contributed by atoms with van der Waals surface area (Å²) < 4.78 is 25.8. The number of halogens is 2. The molecule has 4 aromatic rings. The number of rotatable bonds is 6. The summed E-state index contributed by atoms with van der Waals surface area (Å²) in [5.74, 6) is -1.07. The molecule has 1 fully saturated rings. The molecule has 0 bridgehead atoms. The number of hydrogen-bond donors (Lipinski definition) is 0. The minimum absolute atomic E-state index is 0.0692. The highest BCUT2D eigenvalue weighted by atomic mass is 35.5. The van der Waals surface area contributed by atoms with Crippen LogP contribution in [-0.4, -0.2) is 33.5 Å². The molecule has 2 aromatic carbocycles. The fourth-order valence-corrected chi connectivity index (χ4v) is 3.95. The number of nitrogens with zero attached hydrogens (tertiary/aromatic N) is 3. The maximum absolute atomic E-state index is 6.37. The highest BCUT2D eigenvalue weighted by molar-refractivity contribution is 6.35. The number of benzene rings is 2. The van der Waals surface area contributed by atoms with Crippen molar-refractivity contribution >= 4 is 34.3 Å². The summed E-state index contributed by atoms with van der Waals surface area (Å²) in [7, 11) is 0. The molecular weight excluding hydrogens is 429 g/mol. The number of para-hydroxylation sites is 2. The normalized spacial score (nSPS) is 21.3. The molecule has 0 spiro atoms. The topological polar surface area (TPSA) is 71.5 Å². The van der Waals surface area contributed by atoms with Crippen LogP contribution >= 0.6 is 23.2 Å². The second kappa shape index (κ2) is 7.92. The van der Waals surface area contributed by atoms with E-state index in [1.807, 2.05) is 41.1 Å². The van der Waals surface area contributed by atoms with E-state index >= 15 is 0 Å². The van der Waals surface area contributed by atoms with Gasteiger partial charge in [-0.3, -0.25) is 0 Å². The molecule has 1 saturated heterocycles. The Balaban J connectivity index is 1.38. The Morgan fingerprint density at radius 1 is 1.20 bits per heavy atom. The summed E-state index contributed by atoms with van der Waals surface area (Å²) >= 11 is 12.4. The molecule has 0 N–H and O–H groups in total. The van der Waals surface area contributed by atoms with Crippen LogP contribution in [0.4, 0.5) is 0 Å². The molecule has 154 valence electrons. The maximum atomic E-state index is 6.37. The van der Waals surface area contributed by atoms with Gasteiger partial charge >= 0.3 is 6.08 Å². The third-order valence-electron chi connectivity index (χ3n) is 4.84. The maximum Gasteiger partial charge on any atom is 0.394 e. The van der Waals surface area contributed by atoms with E-state index in [9.17, 15) is 0 Å². The lowest BCUT2D eigenvalue weighted by Crippen LogP contribution is -2.41. The van der Waals surface area contributed by atoms with E-state index in [2.05, 4.69) is 9.97 Å². The van der Waals surface area contributed by atoms with Crippen molar-refractivity contribution in [2.75, 3.05) is 13.2 Å². The lowest BCUT2D eigenvalue weighted by Gasteiger charge is -2.27. The zero-order chi connectivity index (χ0) is 20.6. The molecular formula is C21H17Cl2N3O4. The van der Waals surface area contributed by atoms with E-state index in [4.69, 9.17) is 41.8 Å². The predicted molar refractivity (Wildman–Crippen MR) is 111 cm³/mol. The van der Waals surface area contributed by atoms with E-state index in [0.29, 0.717) is 28.8 Å². The summed E-state index contributed by atoms with van der Waals surface area (Å²) in [6, 6.07) is 12.8. The van der Waals surface area contributed by atoms with Crippen molar-refractivity contribution in [2.45, 2.75) is 18.4 Å². The first-order chi connectivity index (χ1) is 14.6. The fourth-order valence-electron chi connectivity index (χ4n) is 3.42. The standard InChI is InChI=1S/C21H17Cl2N3O4/c22-14-5-6-15(16(23)9-14)19-10-28-21(30-19,11-26-8-7-24-13-26)12-27-20-25-17-3-1-2-4-18(17)29-20/h1-9,13,19H,10-12H2/t19-,21-/m0/s1. The van der Waals surface area contributed by atoms with Crippen molar-refractivity contribution in [3.63, 3.8) is 0 Å². The van der Waals surface area contributed by atoms with Crippen molar-refractivity contribution in [2.24, 2.45) is 0 Å². The monoisotopic (exact) mass is 445 g/mol. The largest absolute Gasteiger partial charge is 0.444 e. The van der Waals surface area contributed by atoms with Gasteiger partial charge < -0.3 is 23.2 Å². The fraction of sp³-hybridized carbons (Fsp3) is 0.238. The van der Waals surface area contributed by atoms with Gasteiger partial charge in [0.15, 0.2) is 5.58 Å². The quantitative estimate of drug-likeness (QED) is 0.420. The minimum atomic E-state index is -1.07. The van der Waals surface area contributed by atoms with Crippen LogP contribution in [0.25, 0.3) is 11.1 Å². The highest BCUT2D eigenvalue weighted by Gasteiger charge is 2.44. The van der Waals surface area contributed by atoms with E-state index in [1.165, 1.54) is 0 Å². The zero-order valence-corrected chi connectivity index (χ0v) is 17.2. The summed E-state index contributed by atoms with van der Waals surface area (Å²) in [5, 5.41) is 1.08. The van der Waals surface area contributed by atoms with Gasteiger partial charge in [0, 0.05) is 28.0 Å². The SMILES string of the molecule is Clc1ccc([C@@H]2CO[C@@](COc3nc4ccccc4o3)(Cn3ccnc3)O2)c(Cl)c1. The number of fused-ring (bicyclic) bond motifs is 1. The molecule has 0 aliphatic carbocycles. The molecule has 30 heavy (non-hydrogen) atoms. The Morgan fingerprint density at radius 2 is 2.10 bits per heavy atom. The molecule has 1 aliphatic rings. The Bertz CT molecular complexity index is 1130. The average molecular weight is 446 g/mol. The summed E-state index contributed by atoms with van der Waals surface area (Å²) in [6.45, 7) is 0.752. The molecule has 3 heterocycles. The van der Waals surface area contributed by atoms with Crippen molar-refractivity contribution in [3.8, 4) is 6.08 Å². The third-order valence-corrected chi connectivity index (χ3v) is 5.40. The van der Waals surface area contributed by atoms with Crippen molar-refractivity contribution in [1.29, 1.82) is 0 Å². The Kier molecular flexibility index (Phi) is 5.12. The van der Waals surface area contributed by atoms with Gasteiger partial charge in [0.1, 0.15) is 18.2 Å². The number of oxazole rings is 1. The Hall–Kier alpha value is -2.58. The Labute approximate surface area is 182 Å². The molecule has 0 radical (unpaired) electrons. The first-order valence-electron chi connectivity index (χ1n) is 9.31. The van der Waals surface area contributed by atoms with Gasteiger partial charge in [-0.2, -0.15) is 4.98 Å². The predicted octanol–water partition coefficient (Wildman–Crippen LogP) is 4.89. The molecule has 0 unspecified atom stereocenters. The van der Waals surface area contributed by atoms with Crippen LogP contribution in [0.15, 0.2) is 65.6 Å². The van der Waals surface area contributed by atoms with Crippen LogP contribution in [-0.2, 0) is 16.0 Å². The van der Waals surface area contributed by atoms with Gasteiger partial charge in [0.05, 0.1) is 19.5 Å². The lowest BCUT2D eigenvalue weighted by molar-refractivity contribution is -0.199. The summed E-state index contributed by atoms with van der Waals surface area (Å²) in [4.78, 5) is 8.44. The van der Waals surface area contributed by atoms with Gasteiger partial charge in [-0.15, -0.1) is 0 Å². The van der Waals surface area contributed by atoms with Gasteiger partial charge in [0.25, 0.3) is 0 Å². The summed E-state index contributed by atoms with van der Waals surface area (Å²) in [6.07, 6.45) is 5.00. The van der Waals surface area contributed by atoms with Gasteiger partial charge in [-0.25, -0.2) is 4.98 Å². The zero-order valence-electron chi connectivity index (χ0n) is 15.7.